The summed E-state index contributed by atoms with van der Waals surface area (Å²) < 4.78 is 0. The minimum atomic E-state index is -0.759. The smallest absolute Gasteiger partial charge is 0.297 e. The number of fused-ring (bicyclic) bond motifs is 1. The molecule has 1 heterocycles. The van der Waals surface area contributed by atoms with Crippen molar-refractivity contribution in [1.82, 2.24) is 0 Å². The number of para-hydroxylation sites is 3. The zero-order valence-electron chi connectivity index (χ0n) is 15.1. The molecule has 0 aliphatic carbocycles. The molecule has 1 aliphatic heterocycles. The maximum atomic E-state index is 13.0. The number of nitrogens with one attached hydrogen (secondary N) is 1. The maximum absolute atomic E-state index is 13.0. The summed E-state index contributed by atoms with van der Waals surface area (Å²) in [5.74, 6) is -0.351. The number of benzene rings is 3. The van der Waals surface area contributed by atoms with Gasteiger partial charge in [-0.3, -0.25) is 19.8 Å². The Morgan fingerprint density at radius 2 is 1.61 bits per heavy atom. The highest BCUT2D eigenvalue weighted by atomic mass is 16.7. The van der Waals surface area contributed by atoms with E-state index in [1.165, 1.54) is 0 Å². The Hall–Kier alpha value is -3.93. The summed E-state index contributed by atoms with van der Waals surface area (Å²) in [6.07, 6.45) is -0.759. The number of carbonyl (C=O) groups is 2. The SMILES string of the molecule is Cc1ccccc1NC(=O)O/N=C1\C(=O)N(c2ccccc2)c2ccccc21. The molecular weight excluding hydrogens is 354 g/mol. The van der Waals surface area contributed by atoms with Gasteiger partial charge in [-0.25, -0.2) is 4.79 Å². The number of rotatable bonds is 3. The molecule has 0 radical (unpaired) electrons. The van der Waals surface area contributed by atoms with Crippen LogP contribution < -0.4 is 10.2 Å². The van der Waals surface area contributed by atoms with Crippen LogP contribution in [0.3, 0.4) is 0 Å². The molecule has 6 nitrogen and oxygen atoms in total. The van der Waals surface area contributed by atoms with Crippen molar-refractivity contribution in [3.63, 3.8) is 0 Å². The van der Waals surface area contributed by atoms with Gasteiger partial charge in [0.2, 0.25) is 0 Å². The summed E-state index contributed by atoms with van der Waals surface area (Å²) in [5, 5.41) is 6.48. The third-order valence-electron chi connectivity index (χ3n) is 4.42. The quantitative estimate of drug-likeness (QED) is 0.539. The predicted molar refractivity (Wildman–Crippen MR) is 108 cm³/mol. The topological polar surface area (TPSA) is 71.0 Å². The minimum Gasteiger partial charge on any atom is -0.297 e. The van der Waals surface area contributed by atoms with E-state index in [0.29, 0.717) is 16.9 Å². The van der Waals surface area contributed by atoms with Crippen molar-refractivity contribution < 1.29 is 14.4 Å². The molecule has 0 bridgehead atoms. The van der Waals surface area contributed by atoms with Crippen LogP contribution in [0, 0.1) is 6.92 Å². The van der Waals surface area contributed by atoms with E-state index in [-0.39, 0.29) is 11.6 Å². The van der Waals surface area contributed by atoms with Gasteiger partial charge in [-0.15, -0.1) is 0 Å². The van der Waals surface area contributed by atoms with Crippen molar-refractivity contribution in [2.75, 3.05) is 10.2 Å². The number of amides is 2. The molecule has 0 spiro atoms. The molecule has 0 aromatic heterocycles. The van der Waals surface area contributed by atoms with Crippen LogP contribution in [0.1, 0.15) is 11.1 Å². The first kappa shape index (κ1) is 17.5. The Morgan fingerprint density at radius 1 is 0.929 bits per heavy atom. The highest BCUT2D eigenvalue weighted by Crippen LogP contribution is 2.35. The number of hydrogen-bond acceptors (Lipinski definition) is 4. The Labute approximate surface area is 162 Å². The minimum absolute atomic E-state index is 0.0828. The van der Waals surface area contributed by atoms with E-state index in [0.717, 1.165) is 11.3 Å². The Kier molecular flexibility index (Phi) is 4.60. The Balaban J connectivity index is 1.60. The predicted octanol–water partition coefficient (Wildman–Crippen LogP) is 4.63. The van der Waals surface area contributed by atoms with Crippen molar-refractivity contribution in [1.29, 1.82) is 0 Å². The average Bonchev–Trinajstić information content (AvgIpc) is 3.00. The van der Waals surface area contributed by atoms with Crippen molar-refractivity contribution in [3.05, 3.63) is 90.0 Å². The third-order valence-corrected chi connectivity index (χ3v) is 4.42. The summed E-state index contributed by atoms with van der Waals surface area (Å²) in [4.78, 5) is 31.6. The average molecular weight is 371 g/mol. The van der Waals surface area contributed by atoms with Crippen molar-refractivity contribution in [3.8, 4) is 0 Å². The summed E-state index contributed by atoms with van der Waals surface area (Å²) in [6, 6.07) is 23.8. The molecule has 1 N–H and O–H groups in total. The van der Waals surface area contributed by atoms with Crippen molar-refractivity contribution in [2.24, 2.45) is 5.16 Å². The molecule has 2 amide bonds. The van der Waals surface area contributed by atoms with E-state index in [1.54, 1.807) is 17.0 Å². The standard InChI is InChI=1S/C22H17N3O3/c1-15-9-5-7-13-18(15)23-22(27)28-24-20-17-12-6-8-14-19(17)25(21(20)26)16-10-3-2-4-11-16/h2-14H,1H3,(H,23,27)/b24-20-. The Morgan fingerprint density at radius 3 is 2.39 bits per heavy atom. The van der Waals surface area contributed by atoms with Gasteiger partial charge < -0.3 is 0 Å². The molecule has 0 unspecified atom stereocenters. The molecule has 6 heteroatoms. The third kappa shape index (κ3) is 3.23. The lowest BCUT2D eigenvalue weighted by atomic mass is 10.1. The summed E-state index contributed by atoms with van der Waals surface area (Å²) in [7, 11) is 0. The van der Waals surface area contributed by atoms with Gasteiger partial charge in [0.05, 0.1) is 5.69 Å². The van der Waals surface area contributed by atoms with Gasteiger partial charge in [-0.05, 0) is 36.8 Å². The summed E-state index contributed by atoms with van der Waals surface area (Å²) >= 11 is 0. The van der Waals surface area contributed by atoms with Crippen LogP contribution >= 0.6 is 0 Å². The van der Waals surface area contributed by atoms with Gasteiger partial charge in [0.15, 0.2) is 5.71 Å². The molecule has 0 saturated carbocycles. The zero-order chi connectivity index (χ0) is 19.5. The van der Waals surface area contributed by atoms with Crippen molar-refractivity contribution >= 4 is 34.8 Å². The number of hydrogen-bond donors (Lipinski definition) is 1. The second-order valence-electron chi connectivity index (χ2n) is 6.25. The largest absolute Gasteiger partial charge is 0.437 e. The Bertz CT molecular complexity index is 1080. The number of aryl methyl sites for hydroxylation is 1. The highest BCUT2D eigenvalue weighted by Gasteiger charge is 2.35. The van der Waals surface area contributed by atoms with Crippen LogP contribution in [0.2, 0.25) is 0 Å². The van der Waals surface area contributed by atoms with Crippen LogP contribution in [0.5, 0.6) is 0 Å². The molecule has 3 aromatic rings. The van der Waals surface area contributed by atoms with Gasteiger partial charge in [0, 0.05) is 16.9 Å². The van der Waals surface area contributed by atoms with E-state index < -0.39 is 6.09 Å². The lowest BCUT2D eigenvalue weighted by Gasteiger charge is -2.16. The van der Waals surface area contributed by atoms with E-state index in [2.05, 4.69) is 10.5 Å². The van der Waals surface area contributed by atoms with Crippen molar-refractivity contribution in [2.45, 2.75) is 6.92 Å². The fraction of sp³-hybridized carbons (Fsp3) is 0.0455. The van der Waals surface area contributed by atoms with Crippen LogP contribution in [-0.2, 0) is 9.63 Å². The second-order valence-corrected chi connectivity index (χ2v) is 6.25. The molecule has 1 aliphatic rings. The number of oxime groups is 1. The van der Waals surface area contributed by atoms with Gasteiger partial charge in [-0.1, -0.05) is 59.8 Å². The molecule has 0 atom stereocenters. The summed E-state index contributed by atoms with van der Waals surface area (Å²) in [5.41, 5.74) is 3.62. The number of nitrogens with zero attached hydrogens (tertiary/aromatic N) is 2. The van der Waals surface area contributed by atoms with Gasteiger partial charge in [0.25, 0.3) is 5.91 Å². The van der Waals surface area contributed by atoms with Crippen LogP contribution in [-0.4, -0.2) is 17.7 Å². The van der Waals surface area contributed by atoms with E-state index in [9.17, 15) is 9.59 Å². The van der Waals surface area contributed by atoms with Crippen LogP contribution in [0.4, 0.5) is 21.9 Å². The van der Waals surface area contributed by atoms with Gasteiger partial charge >= 0.3 is 6.09 Å². The number of carbonyl (C=O) groups excluding carboxylic acids is 2. The van der Waals surface area contributed by atoms with E-state index >= 15 is 0 Å². The van der Waals surface area contributed by atoms with Crippen LogP contribution in [0.15, 0.2) is 84.0 Å². The fourth-order valence-electron chi connectivity index (χ4n) is 3.05. The molecule has 4 rings (SSSR count). The number of anilines is 3. The molecular formula is C22H17N3O3. The van der Waals surface area contributed by atoms with Crippen LogP contribution in [0.25, 0.3) is 0 Å². The molecule has 138 valence electrons. The molecule has 0 saturated heterocycles. The lowest BCUT2D eigenvalue weighted by Crippen LogP contribution is -2.26. The molecule has 28 heavy (non-hydrogen) atoms. The maximum Gasteiger partial charge on any atom is 0.437 e. The van der Waals surface area contributed by atoms with Gasteiger partial charge in [-0.2, -0.15) is 0 Å². The van der Waals surface area contributed by atoms with Gasteiger partial charge in [0.1, 0.15) is 0 Å². The molecule has 3 aromatic carbocycles. The van der Waals surface area contributed by atoms with E-state index in [1.807, 2.05) is 73.7 Å². The first-order chi connectivity index (χ1) is 13.6. The first-order valence-electron chi connectivity index (χ1n) is 8.75. The van der Waals surface area contributed by atoms with E-state index in [4.69, 9.17) is 4.84 Å². The molecule has 0 fully saturated rings. The second kappa shape index (κ2) is 7.36. The zero-order valence-corrected chi connectivity index (χ0v) is 15.1. The highest BCUT2D eigenvalue weighted by molar-refractivity contribution is 6.55. The first-order valence-corrected chi connectivity index (χ1v) is 8.75. The normalized spacial score (nSPS) is 14.1. The fourth-order valence-corrected chi connectivity index (χ4v) is 3.05. The monoisotopic (exact) mass is 371 g/mol. The summed E-state index contributed by atoms with van der Waals surface area (Å²) in [6.45, 7) is 1.87. The lowest BCUT2D eigenvalue weighted by molar-refractivity contribution is -0.111.